The molecule has 2 heteroatoms. The Labute approximate surface area is 71.5 Å². The molecule has 1 aromatic rings. The number of benzene rings is 1. The maximum absolute atomic E-state index is 4.36. The summed E-state index contributed by atoms with van der Waals surface area (Å²) in [5.41, 5.74) is 3.39. The Morgan fingerprint density at radius 3 is 3.08 bits per heavy atom. The molecule has 0 aromatic heterocycles. The van der Waals surface area contributed by atoms with Gasteiger partial charge in [-0.25, -0.2) is 9.98 Å². The number of hydrogen-bond acceptors (Lipinski definition) is 2. The first-order valence-electron chi connectivity index (χ1n) is 3.88. The lowest BCUT2D eigenvalue weighted by Gasteiger charge is -1.94. The zero-order valence-electron chi connectivity index (χ0n) is 7.36. The second kappa shape index (κ2) is 1.91. The Kier molecular flexibility index (Phi) is 0.939. The number of para-hydroxylation sites is 1. The zero-order valence-corrected chi connectivity index (χ0v) is 6.36. The summed E-state index contributed by atoms with van der Waals surface area (Å²) in [4.78, 5) is 8.51. The molecule has 0 bridgehead atoms. The van der Waals surface area contributed by atoms with Crippen molar-refractivity contribution in [1.82, 2.24) is 0 Å². The second-order valence-electron chi connectivity index (χ2n) is 2.81. The van der Waals surface area contributed by atoms with E-state index in [2.05, 4.69) is 16.1 Å². The summed E-state index contributed by atoms with van der Waals surface area (Å²) in [6.07, 6.45) is 3.80. The van der Waals surface area contributed by atoms with Gasteiger partial charge in [-0.2, -0.15) is 0 Å². The first-order chi connectivity index (χ1) is 5.95. The molecule has 1 aromatic carbocycles. The van der Waals surface area contributed by atoms with E-state index in [1.807, 2.05) is 24.3 Å². The van der Waals surface area contributed by atoms with Crippen molar-refractivity contribution in [2.75, 3.05) is 0 Å². The number of hydrogen-bond donors (Lipinski definition) is 0. The SMILES string of the molecule is C1=NC2=Nc3ccccc3C2=C1.[H+]. The van der Waals surface area contributed by atoms with Gasteiger partial charge in [0.1, 0.15) is 0 Å². The molecule has 2 aliphatic rings. The van der Waals surface area contributed by atoms with Crippen LogP contribution in [0.15, 0.2) is 40.3 Å². The van der Waals surface area contributed by atoms with E-state index in [4.69, 9.17) is 0 Å². The average Bonchev–Trinajstić information content (AvgIpc) is 2.62. The number of fused-ring (bicyclic) bond motifs is 3. The van der Waals surface area contributed by atoms with Crippen LogP contribution in [-0.4, -0.2) is 12.1 Å². The molecule has 0 spiro atoms. The minimum Gasteiger partial charge on any atom is -0.237 e. The molecular formula is C10H7N2+. The maximum Gasteiger partial charge on any atom is 1.00 e. The molecule has 3 rings (SSSR count). The molecular weight excluding hydrogens is 148 g/mol. The molecule has 0 amide bonds. The lowest BCUT2D eigenvalue weighted by Crippen LogP contribution is -1.85. The maximum atomic E-state index is 4.36. The van der Waals surface area contributed by atoms with Crippen molar-refractivity contribution >= 4 is 23.3 Å². The second-order valence-corrected chi connectivity index (χ2v) is 2.81. The van der Waals surface area contributed by atoms with Crippen LogP contribution < -0.4 is 0 Å². The molecule has 2 heterocycles. The van der Waals surface area contributed by atoms with E-state index in [-0.39, 0.29) is 1.43 Å². The van der Waals surface area contributed by atoms with Crippen molar-refractivity contribution in [3.63, 3.8) is 0 Å². The number of aliphatic imine (C=N–C) groups is 2. The van der Waals surface area contributed by atoms with E-state index < -0.39 is 0 Å². The highest BCUT2D eigenvalue weighted by Crippen LogP contribution is 2.35. The van der Waals surface area contributed by atoms with Crippen molar-refractivity contribution in [3.05, 3.63) is 35.9 Å². The van der Waals surface area contributed by atoms with Crippen LogP contribution in [0.2, 0.25) is 0 Å². The van der Waals surface area contributed by atoms with Crippen molar-refractivity contribution in [2.45, 2.75) is 0 Å². The molecule has 0 aliphatic carbocycles. The molecule has 0 atom stereocenters. The largest absolute Gasteiger partial charge is 1.00 e. The van der Waals surface area contributed by atoms with Crippen LogP contribution in [0.5, 0.6) is 0 Å². The Morgan fingerprint density at radius 2 is 2.08 bits per heavy atom. The zero-order chi connectivity index (χ0) is 7.97. The fourth-order valence-electron chi connectivity index (χ4n) is 1.54. The van der Waals surface area contributed by atoms with E-state index in [0.717, 1.165) is 17.1 Å². The minimum atomic E-state index is 0. The van der Waals surface area contributed by atoms with Crippen LogP contribution in [0.3, 0.4) is 0 Å². The number of nitrogens with zero attached hydrogens (tertiary/aromatic N) is 2. The summed E-state index contributed by atoms with van der Waals surface area (Å²) in [5, 5.41) is 0. The first kappa shape index (κ1) is 5.89. The van der Waals surface area contributed by atoms with Crippen molar-refractivity contribution < 1.29 is 1.43 Å². The van der Waals surface area contributed by atoms with Gasteiger partial charge in [-0.05, 0) is 12.1 Å². The Morgan fingerprint density at radius 1 is 1.17 bits per heavy atom. The summed E-state index contributed by atoms with van der Waals surface area (Å²) < 4.78 is 0. The number of rotatable bonds is 0. The molecule has 2 aliphatic heterocycles. The molecule has 12 heavy (non-hydrogen) atoms. The van der Waals surface area contributed by atoms with Crippen LogP contribution in [-0.2, 0) is 0 Å². The highest BCUT2D eigenvalue weighted by atomic mass is 15.0. The quantitative estimate of drug-likeness (QED) is 0.549. The highest BCUT2D eigenvalue weighted by Gasteiger charge is 2.21. The van der Waals surface area contributed by atoms with Crippen LogP contribution in [0, 0.1) is 0 Å². The Balaban J connectivity index is 0.000000653. The van der Waals surface area contributed by atoms with Gasteiger partial charge in [0.2, 0.25) is 0 Å². The van der Waals surface area contributed by atoms with Crippen LogP contribution >= 0.6 is 0 Å². The number of amidine groups is 1. The Bertz CT molecular complexity index is 444. The van der Waals surface area contributed by atoms with Gasteiger partial charge in [0, 0.05) is 17.4 Å². The molecule has 0 unspecified atom stereocenters. The fourth-order valence-corrected chi connectivity index (χ4v) is 1.54. The van der Waals surface area contributed by atoms with Gasteiger partial charge in [0.05, 0.1) is 5.69 Å². The summed E-state index contributed by atoms with van der Waals surface area (Å²) in [5.74, 6) is 0.858. The number of allylic oxidation sites excluding steroid dienone is 1. The monoisotopic (exact) mass is 155 g/mol. The predicted octanol–water partition coefficient (Wildman–Crippen LogP) is 2.31. The predicted molar refractivity (Wildman–Crippen MR) is 51.1 cm³/mol. The smallest absolute Gasteiger partial charge is 0.237 e. The normalized spacial score (nSPS) is 17.0. The third-order valence-electron chi connectivity index (χ3n) is 2.10. The summed E-state index contributed by atoms with van der Waals surface area (Å²) >= 11 is 0. The van der Waals surface area contributed by atoms with Gasteiger partial charge >= 0.3 is 1.43 Å². The third-order valence-corrected chi connectivity index (χ3v) is 2.10. The molecule has 0 saturated heterocycles. The lowest BCUT2D eigenvalue weighted by molar-refractivity contribution is 1.52. The molecule has 0 radical (unpaired) electrons. The molecule has 0 saturated carbocycles. The molecule has 0 fully saturated rings. The van der Waals surface area contributed by atoms with E-state index in [0.29, 0.717) is 0 Å². The van der Waals surface area contributed by atoms with Crippen molar-refractivity contribution in [3.8, 4) is 0 Å². The Hall–Kier alpha value is -1.70. The first-order valence-corrected chi connectivity index (χ1v) is 3.88. The minimum absolute atomic E-state index is 0. The lowest BCUT2D eigenvalue weighted by atomic mass is 10.1. The topological polar surface area (TPSA) is 24.7 Å². The van der Waals surface area contributed by atoms with E-state index in [1.54, 1.807) is 6.21 Å². The van der Waals surface area contributed by atoms with E-state index in [9.17, 15) is 0 Å². The molecule has 56 valence electrons. The summed E-state index contributed by atoms with van der Waals surface area (Å²) in [6.45, 7) is 0. The van der Waals surface area contributed by atoms with Crippen LogP contribution in [0.25, 0.3) is 5.57 Å². The summed E-state index contributed by atoms with van der Waals surface area (Å²) in [6, 6.07) is 8.11. The van der Waals surface area contributed by atoms with Gasteiger partial charge < -0.3 is 0 Å². The van der Waals surface area contributed by atoms with Crippen molar-refractivity contribution in [1.29, 1.82) is 0 Å². The van der Waals surface area contributed by atoms with E-state index in [1.165, 1.54) is 5.56 Å². The van der Waals surface area contributed by atoms with Gasteiger partial charge in [0.15, 0.2) is 5.84 Å². The average molecular weight is 155 g/mol. The van der Waals surface area contributed by atoms with Crippen LogP contribution in [0.4, 0.5) is 5.69 Å². The van der Waals surface area contributed by atoms with E-state index >= 15 is 0 Å². The summed E-state index contributed by atoms with van der Waals surface area (Å²) in [7, 11) is 0. The standard InChI is InChI=1S/C10H6N2/c1-2-4-9-7(3-1)8-5-6-11-10(8)12-9/h1-6H/p+1. The van der Waals surface area contributed by atoms with Crippen LogP contribution in [0.1, 0.15) is 6.99 Å². The van der Waals surface area contributed by atoms with Gasteiger partial charge in [0.25, 0.3) is 0 Å². The van der Waals surface area contributed by atoms with Gasteiger partial charge in [-0.15, -0.1) is 0 Å². The molecule has 2 nitrogen and oxygen atoms in total. The third kappa shape index (κ3) is 0.593. The van der Waals surface area contributed by atoms with Gasteiger partial charge in [-0.3, -0.25) is 0 Å². The van der Waals surface area contributed by atoms with Gasteiger partial charge in [-0.1, -0.05) is 18.2 Å². The highest BCUT2D eigenvalue weighted by molar-refractivity contribution is 6.35. The fraction of sp³-hybridized carbons (Fsp3) is 0. The molecule has 0 N–H and O–H groups in total. The van der Waals surface area contributed by atoms with Crippen molar-refractivity contribution in [2.24, 2.45) is 9.98 Å².